The molecule has 3 aromatic rings. The van der Waals surface area contributed by atoms with E-state index in [4.69, 9.17) is 14.5 Å². The number of aliphatic imine (C=N–C) groups is 1. The van der Waals surface area contributed by atoms with E-state index in [1.807, 2.05) is 13.0 Å². The Labute approximate surface area is 144 Å². The lowest BCUT2D eigenvalue weighted by Gasteiger charge is -2.05. The molecule has 5 nitrogen and oxygen atoms in total. The van der Waals surface area contributed by atoms with Crippen LogP contribution in [-0.2, 0) is 6.42 Å². The van der Waals surface area contributed by atoms with Crippen LogP contribution in [0.5, 0.6) is 0 Å². The highest BCUT2D eigenvalue weighted by Gasteiger charge is 2.25. The first-order valence-corrected chi connectivity index (χ1v) is 8.42. The van der Waals surface area contributed by atoms with E-state index in [-0.39, 0.29) is 0 Å². The molecule has 25 heavy (non-hydrogen) atoms. The molecule has 0 aliphatic carbocycles. The zero-order valence-corrected chi connectivity index (χ0v) is 14.3. The van der Waals surface area contributed by atoms with Crippen molar-refractivity contribution in [2.45, 2.75) is 27.2 Å². The Morgan fingerprint density at radius 2 is 1.88 bits per heavy atom. The van der Waals surface area contributed by atoms with E-state index in [1.54, 1.807) is 0 Å². The van der Waals surface area contributed by atoms with E-state index >= 15 is 0 Å². The minimum atomic E-state index is 0.488. The first-order valence-electron chi connectivity index (χ1n) is 8.42. The van der Waals surface area contributed by atoms with Crippen molar-refractivity contribution >= 4 is 22.7 Å². The van der Waals surface area contributed by atoms with E-state index in [2.05, 4.69) is 48.3 Å². The van der Waals surface area contributed by atoms with Gasteiger partial charge in [-0.05, 0) is 37.1 Å². The van der Waals surface area contributed by atoms with Crippen LogP contribution in [0.4, 0.5) is 11.4 Å². The van der Waals surface area contributed by atoms with E-state index in [9.17, 15) is 0 Å². The van der Waals surface area contributed by atoms with Gasteiger partial charge < -0.3 is 4.52 Å². The average molecular weight is 328 g/mol. The summed E-state index contributed by atoms with van der Waals surface area (Å²) < 4.78 is 5.40. The molecule has 0 bridgehead atoms. The van der Waals surface area contributed by atoms with Gasteiger partial charge in [0.25, 0.3) is 5.89 Å². The van der Waals surface area contributed by atoms with Crippen LogP contribution in [-0.4, -0.2) is 15.9 Å². The summed E-state index contributed by atoms with van der Waals surface area (Å²) in [5.41, 5.74) is 7.38. The Morgan fingerprint density at radius 1 is 1.04 bits per heavy atom. The summed E-state index contributed by atoms with van der Waals surface area (Å²) in [6.07, 6.45) is 0.742. The van der Waals surface area contributed by atoms with Gasteiger partial charge in [0.05, 0.1) is 16.7 Å². The first kappa shape index (κ1) is 14.3. The zero-order valence-electron chi connectivity index (χ0n) is 14.3. The van der Waals surface area contributed by atoms with Gasteiger partial charge in [-0.2, -0.15) is 4.98 Å². The summed E-state index contributed by atoms with van der Waals surface area (Å²) in [7, 11) is 0. The topological polar surface area (TPSA) is 63.6 Å². The number of benzene rings is 2. The molecule has 1 aromatic heterocycles. The van der Waals surface area contributed by atoms with Crippen LogP contribution in [0.25, 0.3) is 16.7 Å². The standard InChI is InChI=1S/C20H16N4O/c1-4-16-23-20(25-24-16)19-11(3)17-10(2)18-12-7-5-6-8-13(12)21-15(18)9-14(17)22-19/h5-9H,4H2,1-3H3. The van der Waals surface area contributed by atoms with Gasteiger partial charge in [-0.25, -0.2) is 9.98 Å². The molecule has 0 amide bonds. The van der Waals surface area contributed by atoms with Crippen LogP contribution in [0.2, 0.25) is 0 Å². The molecule has 0 saturated carbocycles. The molecule has 2 aliphatic heterocycles. The Hall–Kier alpha value is -3.08. The molecule has 2 aliphatic rings. The zero-order chi connectivity index (χ0) is 17.1. The molecule has 0 saturated heterocycles. The molecule has 2 aromatic carbocycles. The van der Waals surface area contributed by atoms with Crippen molar-refractivity contribution in [2.24, 2.45) is 9.98 Å². The Kier molecular flexibility index (Phi) is 2.83. The van der Waals surface area contributed by atoms with Crippen molar-refractivity contribution < 1.29 is 4.52 Å². The van der Waals surface area contributed by atoms with Gasteiger partial charge in [-0.15, -0.1) is 0 Å². The third-order valence-electron chi connectivity index (χ3n) is 4.90. The Bertz CT molecular complexity index is 1200. The first-order chi connectivity index (χ1) is 12.2. The average Bonchev–Trinajstić information content (AvgIpc) is 3.30. The Morgan fingerprint density at radius 3 is 2.68 bits per heavy atom. The maximum atomic E-state index is 5.40. The lowest BCUT2D eigenvalue weighted by atomic mass is 9.96. The summed E-state index contributed by atoms with van der Waals surface area (Å²) >= 11 is 0. The number of nitrogens with zero attached hydrogens (tertiary/aromatic N) is 4. The molecule has 0 N–H and O–H groups in total. The van der Waals surface area contributed by atoms with Crippen molar-refractivity contribution in [3.05, 3.63) is 58.2 Å². The third kappa shape index (κ3) is 1.89. The number of fused-ring (bicyclic) bond motifs is 4. The number of aryl methyl sites for hydroxylation is 1. The van der Waals surface area contributed by atoms with Crippen molar-refractivity contribution in [2.75, 3.05) is 0 Å². The SMILES string of the molecule is CCc1noc(C2=Nc3cc4c(c(C)c3=C2C)-c2ccccc2N=4)n1. The second kappa shape index (κ2) is 4.96. The molecule has 5 rings (SSSR count). The van der Waals surface area contributed by atoms with E-state index in [0.717, 1.165) is 39.7 Å². The molecule has 5 heteroatoms. The van der Waals surface area contributed by atoms with Crippen molar-refractivity contribution in [3.8, 4) is 11.1 Å². The monoisotopic (exact) mass is 328 g/mol. The second-order valence-corrected chi connectivity index (χ2v) is 6.37. The number of rotatable bonds is 2. The fourth-order valence-corrected chi connectivity index (χ4v) is 3.71. The molecule has 3 heterocycles. The predicted molar refractivity (Wildman–Crippen MR) is 96.0 cm³/mol. The summed E-state index contributed by atoms with van der Waals surface area (Å²) in [5, 5.41) is 6.12. The molecule has 0 radical (unpaired) electrons. The second-order valence-electron chi connectivity index (χ2n) is 6.37. The smallest absolute Gasteiger partial charge is 0.276 e. The van der Waals surface area contributed by atoms with E-state index in [0.29, 0.717) is 11.7 Å². The summed E-state index contributed by atoms with van der Waals surface area (Å²) in [6, 6.07) is 10.3. The molecule has 0 spiro atoms. The van der Waals surface area contributed by atoms with Crippen LogP contribution < -0.4 is 10.6 Å². The molecular formula is C20H16N4O. The van der Waals surface area contributed by atoms with Crippen LogP contribution in [0.15, 0.2) is 44.8 Å². The minimum absolute atomic E-state index is 0.488. The maximum absolute atomic E-state index is 5.40. The summed E-state index contributed by atoms with van der Waals surface area (Å²) in [5.74, 6) is 1.19. The molecule has 0 unspecified atom stereocenters. The van der Waals surface area contributed by atoms with Gasteiger partial charge in [0.15, 0.2) is 5.82 Å². The van der Waals surface area contributed by atoms with E-state index in [1.165, 1.54) is 16.7 Å². The normalized spacial score (nSPS) is 14.0. The number of hydrogen-bond acceptors (Lipinski definition) is 5. The third-order valence-corrected chi connectivity index (χ3v) is 4.90. The number of hydrogen-bond donors (Lipinski definition) is 0. The molecular weight excluding hydrogens is 312 g/mol. The van der Waals surface area contributed by atoms with Gasteiger partial charge in [0.1, 0.15) is 5.71 Å². The number of aromatic nitrogens is 2. The summed E-state index contributed by atoms with van der Waals surface area (Å²) in [6.45, 7) is 6.21. The minimum Gasteiger partial charge on any atom is -0.332 e. The van der Waals surface area contributed by atoms with Gasteiger partial charge in [0, 0.05) is 22.8 Å². The lowest BCUT2D eigenvalue weighted by molar-refractivity contribution is 0.405. The van der Waals surface area contributed by atoms with Crippen molar-refractivity contribution in [3.63, 3.8) is 0 Å². The van der Waals surface area contributed by atoms with E-state index < -0.39 is 0 Å². The largest absolute Gasteiger partial charge is 0.332 e. The van der Waals surface area contributed by atoms with Crippen molar-refractivity contribution in [1.29, 1.82) is 0 Å². The van der Waals surface area contributed by atoms with Crippen LogP contribution in [0, 0.1) is 6.92 Å². The molecule has 0 fully saturated rings. The van der Waals surface area contributed by atoms with Crippen LogP contribution in [0.1, 0.15) is 31.1 Å². The highest BCUT2D eigenvalue weighted by molar-refractivity contribution is 6.28. The fourth-order valence-electron chi connectivity index (χ4n) is 3.71. The van der Waals surface area contributed by atoms with Crippen LogP contribution >= 0.6 is 0 Å². The van der Waals surface area contributed by atoms with Gasteiger partial charge in [-0.1, -0.05) is 30.3 Å². The molecule has 0 atom stereocenters. The highest BCUT2D eigenvalue weighted by atomic mass is 16.5. The Balaban J connectivity index is 1.76. The van der Waals surface area contributed by atoms with Gasteiger partial charge >= 0.3 is 0 Å². The fraction of sp³-hybridized carbons (Fsp3) is 0.200. The highest BCUT2D eigenvalue weighted by Crippen LogP contribution is 2.35. The van der Waals surface area contributed by atoms with Crippen LogP contribution in [0.3, 0.4) is 0 Å². The van der Waals surface area contributed by atoms with Gasteiger partial charge in [0.2, 0.25) is 0 Å². The molecule has 122 valence electrons. The van der Waals surface area contributed by atoms with Gasteiger partial charge in [-0.3, -0.25) is 0 Å². The number of para-hydroxylation sites is 1. The summed E-state index contributed by atoms with van der Waals surface area (Å²) in [4.78, 5) is 14.0. The van der Waals surface area contributed by atoms with Crippen molar-refractivity contribution in [1.82, 2.24) is 10.1 Å². The maximum Gasteiger partial charge on any atom is 0.276 e. The lowest BCUT2D eigenvalue weighted by Crippen LogP contribution is -2.17. The predicted octanol–water partition coefficient (Wildman–Crippen LogP) is 3.18. The quantitative estimate of drug-likeness (QED) is 0.568.